The maximum atomic E-state index is 12.7. The molecule has 0 radical (unpaired) electrons. The average Bonchev–Trinajstić information content (AvgIpc) is 2.70. The van der Waals surface area contributed by atoms with Crippen LogP contribution in [-0.4, -0.2) is 18.9 Å². The van der Waals surface area contributed by atoms with Gasteiger partial charge in [-0.1, -0.05) is 31.9 Å². The Hall–Kier alpha value is -2.64. The Morgan fingerprint density at radius 3 is 1.75 bits per heavy atom. The molecule has 2 amide bonds. The highest BCUT2D eigenvalue weighted by Crippen LogP contribution is 2.23. The average molecular weight is 504 g/mol. The summed E-state index contributed by atoms with van der Waals surface area (Å²) in [7, 11) is 1.48. The van der Waals surface area contributed by atoms with E-state index in [0.29, 0.717) is 22.7 Å². The Balaban J connectivity index is 1.82. The molecule has 0 aromatic heterocycles. The van der Waals surface area contributed by atoms with Gasteiger partial charge in [-0.2, -0.15) is 0 Å². The molecule has 3 aromatic carbocycles. The maximum absolute atomic E-state index is 12.7. The van der Waals surface area contributed by atoms with Crippen LogP contribution in [0.15, 0.2) is 75.7 Å². The fourth-order valence-electron chi connectivity index (χ4n) is 2.49. The Morgan fingerprint density at radius 1 is 0.750 bits per heavy atom. The van der Waals surface area contributed by atoms with Crippen molar-refractivity contribution in [3.63, 3.8) is 0 Å². The summed E-state index contributed by atoms with van der Waals surface area (Å²) in [6.45, 7) is 0. The van der Waals surface area contributed by atoms with Crippen molar-refractivity contribution in [2.45, 2.75) is 0 Å². The lowest BCUT2D eigenvalue weighted by Gasteiger charge is -2.12. The van der Waals surface area contributed by atoms with E-state index in [2.05, 4.69) is 42.5 Å². The lowest BCUT2D eigenvalue weighted by molar-refractivity contribution is 0.102. The number of rotatable bonds is 5. The molecule has 0 aliphatic rings. The zero-order valence-corrected chi connectivity index (χ0v) is 18.0. The molecule has 2 N–H and O–H groups in total. The van der Waals surface area contributed by atoms with Crippen molar-refractivity contribution in [3.05, 3.63) is 86.8 Å². The van der Waals surface area contributed by atoms with Gasteiger partial charge in [-0.3, -0.25) is 9.59 Å². The summed E-state index contributed by atoms with van der Waals surface area (Å²) < 4.78 is 7.11. The van der Waals surface area contributed by atoms with Gasteiger partial charge in [0, 0.05) is 25.9 Å². The van der Waals surface area contributed by atoms with Gasteiger partial charge in [0.15, 0.2) is 0 Å². The number of methoxy groups -OCH3 is 1. The van der Waals surface area contributed by atoms with E-state index < -0.39 is 0 Å². The normalized spacial score (nSPS) is 10.2. The molecule has 0 bridgehead atoms. The van der Waals surface area contributed by atoms with Crippen molar-refractivity contribution in [2.75, 3.05) is 17.7 Å². The minimum absolute atomic E-state index is 0.272. The smallest absolute Gasteiger partial charge is 0.259 e. The zero-order valence-electron chi connectivity index (χ0n) is 14.8. The van der Waals surface area contributed by atoms with Crippen LogP contribution in [0.25, 0.3) is 0 Å². The van der Waals surface area contributed by atoms with E-state index >= 15 is 0 Å². The van der Waals surface area contributed by atoms with Crippen molar-refractivity contribution in [2.24, 2.45) is 0 Å². The SMILES string of the molecule is COc1ccc(C(=O)Nc2ccc(Br)cc2)cc1C(=O)Nc1ccc(Br)cc1. The molecule has 0 aliphatic heterocycles. The molecule has 3 aromatic rings. The number of hydrogen-bond acceptors (Lipinski definition) is 3. The second-order valence-corrected chi connectivity index (χ2v) is 7.67. The van der Waals surface area contributed by atoms with E-state index in [4.69, 9.17) is 4.74 Å². The van der Waals surface area contributed by atoms with Crippen LogP contribution in [0.1, 0.15) is 20.7 Å². The zero-order chi connectivity index (χ0) is 20.1. The molecule has 5 nitrogen and oxygen atoms in total. The molecule has 0 saturated carbocycles. The summed E-state index contributed by atoms with van der Waals surface area (Å²) in [5.74, 6) is -0.296. The predicted octanol–water partition coefficient (Wildman–Crippen LogP) is 5.72. The topological polar surface area (TPSA) is 67.4 Å². The van der Waals surface area contributed by atoms with Crippen LogP contribution in [0, 0.1) is 0 Å². The number of ether oxygens (including phenoxy) is 1. The van der Waals surface area contributed by atoms with Gasteiger partial charge >= 0.3 is 0 Å². The number of carbonyl (C=O) groups is 2. The summed E-state index contributed by atoms with van der Waals surface area (Å²) >= 11 is 6.71. The summed E-state index contributed by atoms with van der Waals surface area (Å²) in [6, 6.07) is 19.2. The van der Waals surface area contributed by atoms with Gasteiger partial charge in [0.2, 0.25) is 0 Å². The number of benzene rings is 3. The van der Waals surface area contributed by atoms with Crippen LogP contribution in [0.5, 0.6) is 5.75 Å². The number of nitrogens with one attached hydrogen (secondary N) is 2. The molecule has 0 heterocycles. The third kappa shape index (κ3) is 4.99. The van der Waals surface area contributed by atoms with Gasteiger partial charge in [-0.15, -0.1) is 0 Å². The minimum Gasteiger partial charge on any atom is -0.496 e. The monoisotopic (exact) mass is 502 g/mol. The first-order valence-corrected chi connectivity index (χ1v) is 9.87. The number of carbonyl (C=O) groups excluding carboxylic acids is 2. The first-order chi connectivity index (χ1) is 13.5. The summed E-state index contributed by atoms with van der Waals surface area (Å²) in [5.41, 5.74) is 1.92. The standard InChI is InChI=1S/C21H16Br2N2O3/c1-28-19-11-2-13(20(26)24-16-7-3-14(22)4-8-16)12-18(19)21(27)25-17-9-5-15(23)6-10-17/h2-12H,1H3,(H,24,26)(H,25,27). The molecule has 0 atom stereocenters. The van der Waals surface area contributed by atoms with Crippen molar-refractivity contribution >= 4 is 55.0 Å². The number of anilines is 2. The van der Waals surface area contributed by atoms with E-state index in [1.807, 2.05) is 24.3 Å². The van der Waals surface area contributed by atoms with Crippen molar-refractivity contribution in [1.29, 1.82) is 0 Å². The Morgan fingerprint density at radius 2 is 1.25 bits per heavy atom. The van der Waals surface area contributed by atoms with Crippen LogP contribution in [0.2, 0.25) is 0 Å². The Kier molecular flexibility index (Phi) is 6.49. The van der Waals surface area contributed by atoms with Gasteiger partial charge in [0.05, 0.1) is 12.7 Å². The van der Waals surface area contributed by atoms with E-state index in [-0.39, 0.29) is 17.4 Å². The molecule has 0 saturated heterocycles. The van der Waals surface area contributed by atoms with E-state index in [0.717, 1.165) is 8.95 Å². The van der Waals surface area contributed by atoms with Crippen LogP contribution < -0.4 is 15.4 Å². The Labute approximate surface area is 179 Å². The molecule has 0 spiro atoms. The molecule has 0 fully saturated rings. The van der Waals surface area contributed by atoms with Crippen LogP contribution >= 0.6 is 31.9 Å². The maximum Gasteiger partial charge on any atom is 0.259 e. The van der Waals surface area contributed by atoms with E-state index in [9.17, 15) is 9.59 Å². The number of amides is 2. The second kappa shape index (κ2) is 9.03. The molecule has 3 rings (SSSR count). The first-order valence-electron chi connectivity index (χ1n) is 8.28. The largest absolute Gasteiger partial charge is 0.496 e. The van der Waals surface area contributed by atoms with Gasteiger partial charge in [0.25, 0.3) is 11.8 Å². The van der Waals surface area contributed by atoms with Gasteiger partial charge in [-0.05, 0) is 66.7 Å². The number of hydrogen-bond donors (Lipinski definition) is 2. The number of halogens is 2. The minimum atomic E-state index is -0.363. The van der Waals surface area contributed by atoms with Crippen LogP contribution in [0.3, 0.4) is 0 Å². The molecule has 0 aliphatic carbocycles. The van der Waals surface area contributed by atoms with Crippen molar-refractivity contribution in [1.82, 2.24) is 0 Å². The van der Waals surface area contributed by atoms with Gasteiger partial charge < -0.3 is 15.4 Å². The third-order valence-corrected chi connectivity index (χ3v) is 4.97. The first kappa shape index (κ1) is 20.1. The fraction of sp³-hybridized carbons (Fsp3) is 0.0476. The van der Waals surface area contributed by atoms with Crippen molar-refractivity contribution < 1.29 is 14.3 Å². The van der Waals surface area contributed by atoms with Crippen LogP contribution in [0.4, 0.5) is 11.4 Å². The third-order valence-electron chi connectivity index (χ3n) is 3.91. The summed E-state index contributed by atoms with van der Waals surface area (Å²) in [4.78, 5) is 25.3. The highest BCUT2D eigenvalue weighted by molar-refractivity contribution is 9.10. The van der Waals surface area contributed by atoms with E-state index in [1.54, 1.807) is 36.4 Å². The van der Waals surface area contributed by atoms with Crippen molar-refractivity contribution in [3.8, 4) is 5.75 Å². The Bertz CT molecular complexity index is 1000. The highest BCUT2D eigenvalue weighted by Gasteiger charge is 2.16. The quantitative estimate of drug-likeness (QED) is 0.467. The molecular formula is C21H16Br2N2O3. The summed E-state index contributed by atoms with van der Waals surface area (Å²) in [5, 5.41) is 5.61. The van der Waals surface area contributed by atoms with Gasteiger partial charge in [0.1, 0.15) is 5.75 Å². The second-order valence-electron chi connectivity index (χ2n) is 5.84. The molecule has 28 heavy (non-hydrogen) atoms. The molecule has 142 valence electrons. The molecule has 0 unspecified atom stereocenters. The van der Waals surface area contributed by atoms with E-state index in [1.165, 1.54) is 13.2 Å². The fourth-order valence-corrected chi connectivity index (χ4v) is 3.02. The molecular weight excluding hydrogens is 488 g/mol. The highest BCUT2D eigenvalue weighted by atomic mass is 79.9. The lowest BCUT2D eigenvalue weighted by Crippen LogP contribution is -2.16. The predicted molar refractivity (Wildman–Crippen MR) is 117 cm³/mol. The summed E-state index contributed by atoms with van der Waals surface area (Å²) in [6.07, 6.45) is 0. The lowest BCUT2D eigenvalue weighted by atomic mass is 10.1. The van der Waals surface area contributed by atoms with Crippen LogP contribution in [-0.2, 0) is 0 Å². The molecule has 7 heteroatoms. The van der Waals surface area contributed by atoms with Gasteiger partial charge in [-0.25, -0.2) is 0 Å².